The van der Waals surface area contributed by atoms with Gasteiger partial charge < -0.3 is 10.3 Å². The van der Waals surface area contributed by atoms with E-state index in [1.54, 1.807) is 18.2 Å². The molecule has 0 atom stereocenters. The fourth-order valence-electron chi connectivity index (χ4n) is 2.71. The Bertz CT molecular complexity index is 1210. The van der Waals surface area contributed by atoms with E-state index in [2.05, 4.69) is 10.3 Å². The van der Waals surface area contributed by atoms with E-state index in [4.69, 9.17) is 0 Å². The van der Waals surface area contributed by atoms with Gasteiger partial charge in [0.15, 0.2) is 0 Å². The Labute approximate surface area is 162 Å². The Morgan fingerprint density at radius 1 is 1.03 bits per heavy atom. The molecule has 3 rings (SSSR count). The largest absolute Gasteiger partial charge is 0.416 e. The maximum atomic E-state index is 12.8. The van der Waals surface area contributed by atoms with Crippen LogP contribution in [0.5, 0.6) is 0 Å². The minimum absolute atomic E-state index is 0.131. The van der Waals surface area contributed by atoms with Gasteiger partial charge in [0.2, 0.25) is 0 Å². The van der Waals surface area contributed by atoms with E-state index in [0.29, 0.717) is 0 Å². The molecule has 0 aliphatic rings. The second kappa shape index (κ2) is 7.42. The molecule has 0 saturated heterocycles. The zero-order valence-corrected chi connectivity index (χ0v) is 15.4. The highest BCUT2D eigenvalue weighted by Crippen LogP contribution is 2.30. The third-order valence-corrected chi connectivity index (χ3v) is 4.42. The number of anilines is 1. The molecule has 1 amide bonds. The molecular weight excluding hydrogens is 387 g/mol. The monoisotopic (exact) mass is 403 g/mol. The Kier molecular flexibility index (Phi) is 5.15. The number of aryl methyl sites for hydroxylation is 2. The van der Waals surface area contributed by atoms with Crippen molar-refractivity contribution in [2.75, 3.05) is 5.32 Å². The number of rotatable bonds is 3. The van der Waals surface area contributed by atoms with Crippen LogP contribution in [0.3, 0.4) is 0 Å². The Hall–Kier alpha value is -3.62. The number of alkyl halides is 3. The number of hydrogen-bond donors (Lipinski definition) is 2. The van der Waals surface area contributed by atoms with Crippen LogP contribution in [0.2, 0.25) is 0 Å². The van der Waals surface area contributed by atoms with Crippen molar-refractivity contribution in [3.63, 3.8) is 0 Å². The lowest BCUT2D eigenvalue weighted by Crippen LogP contribution is -2.38. The molecule has 150 valence electrons. The second-order valence-corrected chi connectivity index (χ2v) is 6.45. The van der Waals surface area contributed by atoms with Crippen molar-refractivity contribution in [3.05, 3.63) is 91.8 Å². The van der Waals surface area contributed by atoms with E-state index in [1.165, 1.54) is 6.07 Å². The van der Waals surface area contributed by atoms with Gasteiger partial charge in [-0.05, 0) is 55.3 Å². The highest BCUT2D eigenvalue weighted by Gasteiger charge is 2.30. The predicted molar refractivity (Wildman–Crippen MR) is 102 cm³/mol. The molecule has 3 aromatic rings. The summed E-state index contributed by atoms with van der Waals surface area (Å²) in [4.78, 5) is 39.7. The molecule has 0 aliphatic carbocycles. The number of halogens is 3. The Balaban J connectivity index is 2.00. The molecule has 0 unspecified atom stereocenters. The normalized spacial score (nSPS) is 11.3. The number of nitrogens with zero attached hydrogens (tertiary/aromatic N) is 1. The van der Waals surface area contributed by atoms with E-state index < -0.39 is 34.5 Å². The molecule has 0 radical (unpaired) electrons. The van der Waals surface area contributed by atoms with Gasteiger partial charge in [0.1, 0.15) is 5.56 Å². The summed E-state index contributed by atoms with van der Waals surface area (Å²) < 4.78 is 39.3. The van der Waals surface area contributed by atoms with Gasteiger partial charge in [0.25, 0.3) is 11.5 Å². The fourth-order valence-corrected chi connectivity index (χ4v) is 2.71. The molecule has 1 heterocycles. The van der Waals surface area contributed by atoms with E-state index in [1.807, 2.05) is 13.8 Å². The maximum Gasteiger partial charge on any atom is 0.416 e. The molecule has 2 aromatic carbocycles. The summed E-state index contributed by atoms with van der Waals surface area (Å²) in [6.07, 6.45) is -3.64. The van der Waals surface area contributed by atoms with Gasteiger partial charge >= 0.3 is 11.9 Å². The zero-order valence-electron chi connectivity index (χ0n) is 15.4. The van der Waals surface area contributed by atoms with Crippen LogP contribution >= 0.6 is 0 Å². The second-order valence-electron chi connectivity index (χ2n) is 6.45. The lowest BCUT2D eigenvalue weighted by molar-refractivity contribution is -0.137. The maximum absolute atomic E-state index is 12.8. The van der Waals surface area contributed by atoms with Gasteiger partial charge in [-0.2, -0.15) is 13.2 Å². The van der Waals surface area contributed by atoms with E-state index in [0.717, 1.165) is 40.1 Å². The van der Waals surface area contributed by atoms with Crippen LogP contribution < -0.4 is 16.6 Å². The van der Waals surface area contributed by atoms with Crippen LogP contribution in [0.15, 0.2) is 58.3 Å². The van der Waals surface area contributed by atoms with Crippen LogP contribution in [0.25, 0.3) is 5.69 Å². The summed E-state index contributed by atoms with van der Waals surface area (Å²) in [6.45, 7) is 3.67. The highest BCUT2D eigenvalue weighted by atomic mass is 19.4. The van der Waals surface area contributed by atoms with Crippen LogP contribution in [0, 0.1) is 13.8 Å². The van der Waals surface area contributed by atoms with E-state index in [-0.39, 0.29) is 11.4 Å². The topological polar surface area (TPSA) is 84.0 Å². The van der Waals surface area contributed by atoms with Gasteiger partial charge in [-0.1, -0.05) is 12.1 Å². The highest BCUT2D eigenvalue weighted by molar-refractivity contribution is 6.03. The number of amides is 1. The number of aromatic nitrogens is 2. The number of benzene rings is 2. The predicted octanol–water partition coefficient (Wildman–Crippen LogP) is 3.41. The number of nitrogens with one attached hydrogen (secondary N) is 2. The first-order valence-electron chi connectivity index (χ1n) is 8.49. The number of aromatic amines is 1. The summed E-state index contributed by atoms with van der Waals surface area (Å²) in [7, 11) is 0. The third-order valence-electron chi connectivity index (χ3n) is 4.42. The first kappa shape index (κ1) is 20.1. The zero-order chi connectivity index (χ0) is 21.3. The van der Waals surface area contributed by atoms with Gasteiger partial charge in [-0.25, -0.2) is 9.36 Å². The summed E-state index contributed by atoms with van der Waals surface area (Å²) >= 11 is 0. The molecule has 2 N–H and O–H groups in total. The minimum Gasteiger partial charge on any atom is -0.322 e. The lowest BCUT2D eigenvalue weighted by Gasteiger charge is -2.11. The summed E-state index contributed by atoms with van der Waals surface area (Å²) in [5, 5.41) is 2.26. The molecule has 29 heavy (non-hydrogen) atoms. The number of carbonyl (C=O) groups is 1. The molecule has 6 nitrogen and oxygen atoms in total. The number of H-pyrrole nitrogens is 1. The van der Waals surface area contributed by atoms with Crippen molar-refractivity contribution in [3.8, 4) is 5.69 Å². The molecule has 1 aromatic heterocycles. The van der Waals surface area contributed by atoms with Crippen molar-refractivity contribution in [1.29, 1.82) is 0 Å². The van der Waals surface area contributed by atoms with Gasteiger partial charge in [-0.15, -0.1) is 0 Å². The Morgan fingerprint density at radius 3 is 2.41 bits per heavy atom. The molecule has 0 aliphatic heterocycles. The van der Waals surface area contributed by atoms with Crippen molar-refractivity contribution < 1.29 is 18.0 Å². The van der Waals surface area contributed by atoms with Crippen molar-refractivity contribution in [2.45, 2.75) is 20.0 Å². The van der Waals surface area contributed by atoms with Crippen molar-refractivity contribution in [1.82, 2.24) is 9.55 Å². The summed E-state index contributed by atoms with van der Waals surface area (Å²) in [5.41, 5.74) is -1.05. The van der Waals surface area contributed by atoms with Crippen LogP contribution in [-0.4, -0.2) is 15.5 Å². The van der Waals surface area contributed by atoms with Crippen LogP contribution in [-0.2, 0) is 6.18 Å². The fraction of sp³-hybridized carbons (Fsp3) is 0.150. The van der Waals surface area contributed by atoms with Crippen molar-refractivity contribution in [2.24, 2.45) is 0 Å². The quantitative estimate of drug-likeness (QED) is 0.703. The molecular formula is C20H16F3N3O3. The average Bonchev–Trinajstić information content (AvgIpc) is 2.64. The molecule has 9 heteroatoms. The average molecular weight is 403 g/mol. The lowest BCUT2D eigenvalue weighted by atomic mass is 10.1. The van der Waals surface area contributed by atoms with E-state index in [9.17, 15) is 27.6 Å². The summed E-state index contributed by atoms with van der Waals surface area (Å²) in [6, 6.07) is 8.94. The minimum atomic E-state index is -4.57. The van der Waals surface area contributed by atoms with Crippen LogP contribution in [0.1, 0.15) is 27.0 Å². The van der Waals surface area contributed by atoms with Crippen molar-refractivity contribution >= 4 is 11.6 Å². The standard InChI is InChI=1S/C20H16F3N3O3/c1-11-6-7-15(8-12(11)2)26-18(28)16(10-24-19(26)29)17(27)25-14-5-3-4-13(9-14)20(21,22)23/h3-10H,1-2H3,(H,24,29)(H,25,27). The molecule has 0 bridgehead atoms. The number of carbonyl (C=O) groups excluding carboxylic acids is 1. The number of hydrogen-bond acceptors (Lipinski definition) is 3. The third kappa shape index (κ3) is 4.13. The first-order valence-corrected chi connectivity index (χ1v) is 8.49. The first-order chi connectivity index (χ1) is 13.6. The smallest absolute Gasteiger partial charge is 0.322 e. The van der Waals surface area contributed by atoms with Gasteiger partial charge in [0.05, 0.1) is 11.3 Å². The van der Waals surface area contributed by atoms with Gasteiger partial charge in [-0.3, -0.25) is 9.59 Å². The SMILES string of the molecule is Cc1ccc(-n2c(=O)[nH]cc(C(=O)Nc3cccc(C(F)(F)F)c3)c2=O)cc1C. The van der Waals surface area contributed by atoms with E-state index >= 15 is 0 Å². The molecule has 0 fully saturated rings. The van der Waals surface area contributed by atoms with Crippen LogP contribution in [0.4, 0.5) is 18.9 Å². The van der Waals surface area contributed by atoms with Gasteiger partial charge in [0, 0.05) is 11.9 Å². The molecule has 0 spiro atoms. The molecule has 0 saturated carbocycles. The Morgan fingerprint density at radius 2 is 1.76 bits per heavy atom. The summed E-state index contributed by atoms with van der Waals surface area (Å²) in [5.74, 6) is -0.942.